The number of benzene rings is 2. The van der Waals surface area contributed by atoms with Crippen molar-refractivity contribution in [3.8, 4) is 22.5 Å². The van der Waals surface area contributed by atoms with E-state index in [-0.39, 0.29) is 20.1 Å². The predicted molar refractivity (Wildman–Crippen MR) is 205 cm³/mol. The van der Waals surface area contributed by atoms with Gasteiger partial charge in [-0.15, -0.1) is 18.2 Å². The fourth-order valence-corrected chi connectivity index (χ4v) is 11.5. The Balaban J connectivity index is 0.000000177. The van der Waals surface area contributed by atoms with Crippen molar-refractivity contribution in [3.63, 3.8) is 0 Å². The van der Waals surface area contributed by atoms with E-state index in [4.69, 9.17) is 9.40 Å². The number of pyridine rings is 3. The minimum Gasteiger partial charge on any atom is -0.486 e. The number of rotatable bonds is 6. The molecular weight excluding hydrogens is 851 g/mol. The van der Waals surface area contributed by atoms with Gasteiger partial charge in [-0.2, -0.15) is 0 Å². The molecule has 3 aliphatic rings. The van der Waals surface area contributed by atoms with E-state index in [1.54, 1.807) is 6.20 Å². The first-order chi connectivity index (χ1) is 23.5. The fraction of sp³-hybridized carbons (Fsp3) is 0.386. The van der Waals surface area contributed by atoms with Gasteiger partial charge >= 0.3 is 132 Å². The van der Waals surface area contributed by atoms with Crippen molar-refractivity contribution in [2.75, 3.05) is 0 Å². The largest absolute Gasteiger partial charge is 0.486 e. The van der Waals surface area contributed by atoms with Crippen LogP contribution >= 0.6 is 0 Å². The third-order valence-corrected chi connectivity index (χ3v) is 14.8. The maximum atomic E-state index is 6.09. The van der Waals surface area contributed by atoms with Crippen LogP contribution in [0.25, 0.3) is 44.6 Å². The van der Waals surface area contributed by atoms with Crippen molar-refractivity contribution in [2.24, 2.45) is 23.2 Å². The Morgan fingerprint density at radius 1 is 0.820 bits per heavy atom. The molecule has 0 spiro atoms. The summed E-state index contributed by atoms with van der Waals surface area (Å²) in [5.74, 6) is 10.1. The number of fused-ring (bicyclic) bond motifs is 6. The second kappa shape index (κ2) is 15.2. The first-order valence-electron chi connectivity index (χ1n) is 18.1. The van der Waals surface area contributed by atoms with Crippen molar-refractivity contribution in [2.45, 2.75) is 83.0 Å². The Hall–Kier alpha value is -3.12. The van der Waals surface area contributed by atoms with Gasteiger partial charge < -0.3 is 9.40 Å². The molecule has 6 aromatic rings. The van der Waals surface area contributed by atoms with Crippen LogP contribution in [0.4, 0.5) is 0 Å². The Bertz CT molecular complexity index is 2050. The summed E-state index contributed by atoms with van der Waals surface area (Å²) < 4.78 is 7.62. The van der Waals surface area contributed by atoms with Crippen LogP contribution in [0.2, 0.25) is 17.3 Å². The minimum atomic E-state index is -1.90. The molecule has 3 aliphatic carbocycles. The second-order valence-electron chi connectivity index (χ2n) is 16.6. The Kier molecular flexibility index (Phi) is 11.2. The van der Waals surface area contributed by atoms with Gasteiger partial charge in [-0.05, 0) is 67.3 Å². The summed E-state index contributed by atoms with van der Waals surface area (Å²) in [7, 11) is 0. The van der Waals surface area contributed by atoms with E-state index in [1.165, 1.54) is 54.0 Å². The predicted octanol–water partition coefficient (Wildman–Crippen LogP) is 10.9. The quantitative estimate of drug-likeness (QED) is 0.123. The molecule has 0 N–H and O–H groups in total. The van der Waals surface area contributed by atoms with Gasteiger partial charge in [0.2, 0.25) is 5.71 Å². The first kappa shape index (κ1) is 36.7. The maximum Gasteiger partial charge on any atom is 0.216 e. The molecule has 9 rings (SSSR count). The standard InChI is InChI=1S/C25H23N2O.C19H26GeN.Ir/c1-3-20-21-5-2-11-27-25(21)28-24(20)22(4-1)23-15-17(10-12-26-23)14-19-13-16-6-8-18(19)9-7-16;1-19(2,3)13-16-12-18(15-10-8-7-9-11-15)21-14-17(16)20(4,5)6;/h1-3,5,10-12,15-16,18-19H,6-9,13-14H2;7-10,12,14H,13H2,1-6H3;/q2*-1;. The topological polar surface area (TPSA) is 51.8 Å². The van der Waals surface area contributed by atoms with Crippen LogP contribution in [-0.2, 0) is 32.9 Å². The van der Waals surface area contributed by atoms with E-state index >= 15 is 0 Å². The SMILES string of the molecule is CC(C)(C)Cc1cc(-c2[c-]cccc2)nc[c]1[Ge]([CH3])([CH3])[CH3].[Ir].[c-]1ccc2c(oc3ncccc32)c1-c1cc(CC2CC3CCC2CC3)ccn1. The van der Waals surface area contributed by atoms with Crippen LogP contribution < -0.4 is 4.40 Å². The van der Waals surface area contributed by atoms with Gasteiger partial charge in [-0.1, -0.05) is 35.4 Å². The number of nitrogens with zero attached hydrogens (tertiary/aromatic N) is 3. The molecule has 3 fully saturated rings. The molecule has 4 heterocycles. The summed E-state index contributed by atoms with van der Waals surface area (Å²) in [6.45, 7) is 6.92. The number of hydrogen-bond acceptors (Lipinski definition) is 4. The van der Waals surface area contributed by atoms with E-state index < -0.39 is 13.3 Å². The molecule has 2 aromatic carbocycles. The van der Waals surface area contributed by atoms with Crippen LogP contribution in [-0.4, -0.2) is 28.2 Å². The monoisotopic (exact) mass is 902 g/mol. The van der Waals surface area contributed by atoms with Gasteiger partial charge in [0, 0.05) is 37.9 Å². The zero-order chi connectivity index (χ0) is 34.2. The molecule has 6 heteroatoms. The molecule has 4 nitrogen and oxygen atoms in total. The average molecular weight is 901 g/mol. The van der Waals surface area contributed by atoms with Gasteiger partial charge in [0.15, 0.2) is 0 Å². The van der Waals surface area contributed by atoms with Crippen molar-refractivity contribution in [3.05, 3.63) is 109 Å². The van der Waals surface area contributed by atoms with Crippen molar-refractivity contribution >= 4 is 39.7 Å². The summed E-state index contributed by atoms with van der Waals surface area (Å²) >= 11 is -1.90. The van der Waals surface area contributed by atoms with Crippen LogP contribution in [0.15, 0.2) is 89.7 Å². The summed E-state index contributed by atoms with van der Waals surface area (Å²) in [4.78, 5) is 13.7. The zero-order valence-corrected chi connectivity index (χ0v) is 34.8. The maximum absolute atomic E-state index is 6.09. The third-order valence-electron chi connectivity index (χ3n) is 10.5. The van der Waals surface area contributed by atoms with Crippen molar-refractivity contribution in [1.82, 2.24) is 15.0 Å². The summed E-state index contributed by atoms with van der Waals surface area (Å²) in [6.07, 6.45) is 15.3. The van der Waals surface area contributed by atoms with Gasteiger partial charge in [0.1, 0.15) is 0 Å². The normalized spacial score (nSPS) is 18.8. The molecule has 50 heavy (non-hydrogen) atoms. The van der Waals surface area contributed by atoms with Gasteiger partial charge in [0.25, 0.3) is 0 Å². The summed E-state index contributed by atoms with van der Waals surface area (Å²) in [5, 5.41) is 2.12. The number of furan rings is 1. The molecule has 0 saturated heterocycles. The molecular formula is C44H49GeIrN3O-2. The average Bonchev–Trinajstić information content (AvgIpc) is 3.47. The van der Waals surface area contributed by atoms with Crippen molar-refractivity contribution in [1.29, 1.82) is 0 Å². The Morgan fingerprint density at radius 2 is 1.64 bits per heavy atom. The Morgan fingerprint density at radius 3 is 2.34 bits per heavy atom. The van der Waals surface area contributed by atoms with E-state index in [9.17, 15) is 0 Å². The summed E-state index contributed by atoms with van der Waals surface area (Å²) in [5.41, 5.74) is 8.68. The number of aromatic nitrogens is 3. The van der Waals surface area contributed by atoms with E-state index in [1.807, 2.05) is 36.5 Å². The van der Waals surface area contributed by atoms with Gasteiger partial charge in [-0.3, -0.25) is 0 Å². The fourth-order valence-electron chi connectivity index (χ4n) is 8.16. The minimum absolute atomic E-state index is 0. The second-order valence-corrected chi connectivity index (χ2v) is 27.1. The molecule has 2 bridgehead atoms. The molecule has 0 amide bonds. The first-order valence-corrected chi connectivity index (χ1v) is 25.5. The van der Waals surface area contributed by atoms with E-state index in [2.05, 4.69) is 103 Å². The molecule has 1 radical (unpaired) electrons. The zero-order valence-electron chi connectivity index (χ0n) is 30.3. The van der Waals surface area contributed by atoms with Crippen LogP contribution in [0, 0.1) is 35.3 Å². The van der Waals surface area contributed by atoms with E-state index in [0.29, 0.717) is 11.1 Å². The van der Waals surface area contributed by atoms with Crippen molar-refractivity contribution < 1.29 is 24.5 Å². The smallest absolute Gasteiger partial charge is 0.216 e. The van der Waals surface area contributed by atoms with Crippen LogP contribution in [0.3, 0.4) is 0 Å². The van der Waals surface area contributed by atoms with E-state index in [0.717, 1.165) is 63.0 Å². The molecule has 4 aromatic heterocycles. The Labute approximate surface area is 314 Å². The number of hydrogen-bond donors (Lipinski definition) is 0. The molecule has 261 valence electrons. The molecule has 3 saturated carbocycles. The van der Waals surface area contributed by atoms with Crippen LogP contribution in [0.1, 0.15) is 64.0 Å². The van der Waals surface area contributed by atoms with Gasteiger partial charge in [-0.25, -0.2) is 4.98 Å². The van der Waals surface area contributed by atoms with Crippen LogP contribution in [0.5, 0.6) is 0 Å². The molecule has 0 aliphatic heterocycles. The summed E-state index contributed by atoms with van der Waals surface area (Å²) in [6, 6.07) is 29.5. The third kappa shape index (κ3) is 8.33. The molecule has 1 unspecified atom stereocenters. The molecule has 1 atom stereocenters. The van der Waals surface area contributed by atoms with Gasteiger partial charge in [0.05, 0.1) is 5.58 Å².